The Morgan fingerprint density at radius 1 is 1.46 bits per heavy atom. The lowest BCUT2D eigenvalue weighted by Crippen LogP contribution is -1.83. The largest absolute Gasteiger partial charge is 0.471 e. The van der Waals surface area contributed by atoms with E-state index >= 15 is 0 Å². The summed E-state index contributed by atoms with van der Waals surface area (Å²) in [5.74, 6) is 0. The van der Waals surface area contributed by atoms with Crippen molar-refractivity contribution in [2.45, 2.75) is 0 Å². The molecule has 13 heavy (non-hydrogen) atoms. The second-order valence-electron chi connectivity index (χ2n) is 2.06. The van der Waals surface area contributed by atoms with E-state index in [1.807, 2.05) is 17.8 Å². The summed E-state index contributed by atoms with van der Waals surface area (Å²) in [6.07, 6.45) is 5.39. The summed E-state index contributed by atoms with van der Waals surface area (Å²) in [6.45, 7) is 0. The van der Waals surface area contributed by atoms with Crippen molar-refractivity contribution in [1.82, 2.24) is 9.55 Å². The third-order valence-corrected chi connectivity index (χ3v) is 2.02. The van der Waals surface area contributed by atoms with Gasteiger partial charge in [-0.05, 0) is 0 Å². The molecule has 0 spiro atoms. The van der Waals surface area contributed by atoms with Crippen LogP contribution in [0.5, 0.6) is 0 Å². The van der Waals surface area contributed by atoms with Gasteiger partial charge in [-0.15, -0.1) is 0 Å². The average molecular weight is 208 g/mol. The first-order valence-corrected chi connectivity index (χ1v) is 4.87. The number of hydrogen-bond donors (Lipinski definition) is 1. The molecule has 0 atom stereocenters. The quantitative estimate of drug-likeness (QED) is 0.727. The average Bonchev–Trinajstić information content (AvgIpc) is 2.57. The Labute approximate surface area is 76.7 Å². The van der Waals surface area contributed by atoms with Gasteiger partial charge in [-0.1, -0.05) is 0 Å². The van der Waals surface area contributed by atoms with Gasteiger partial charge in [0.2, 0.25) is 0 Å². The second-order valence-corrected chi connectivity index (χ2v) is 3.73. The predicted octanol–water partition coefficient (Wildman–Crippen LogP) is 0.800. The van der Waals surface area contributed by atoms with Crippen molar-refractivity contribution in [1.29, 1.82) is 0 Å². The zero-order valence-corrected chi connectivity index (χ0v) is 8.64. The normalized spacial score (nSPS) is 10.5. The standard InChI is InChI=1S/C4H6N2.C2H7O4P/c1-6-3-2-5-4-6;1-5-7(3,4)6-2/h2-4H,1H3;1-2H3,(H,3,4). The van der Waals surface area contributed by atoms with E-state index in [-0.39, 0.29) is 0 Å². The highest BCUT2D eigenvalue weighted by Gasteiger charge is 2.13. The van der Waals surface area contributed by atoms with E-state index in [4.69, 9.17) is 4.89 Å². The number of nitrogens with zero attached hydrogens (tertiary/aromatic N) is 2. The third kappa shape index (κ3) is 6.48. The molecule has 7 heteroatoms. The van der Waals surface area contributed by atoms with E-state index in [1.165, 1.54) is 0 Å². The van der Waals surface area contributed by atoms with Gasteiger partial charge in [0.05, 0.1) is 6.33 Å². The van der Waals surface area contributed by atoms with Gasteiger partial charge in [-0.25, -0.2) is 9.55 Å². The van der Waals surface area contributed by atoms with Crippen molar-refractivity contribution < 1.29 is 18.5 Å². The zero-order chi connectivity index (χ0) is 10.3. The summed E-state index contributed by atoms with van der Waals surface area (Å²) in [5.41, 5.74) is 0. The molecule has 6 nitrogen and oxygen atoms in total. The fourth-order valence-corrected chi connectivity index (χ4v) is 0.549. The number of rotatable bonds is 2. The van der Waals surface area contributed by atoms with E-state index in [0.29, 0.717) is 0 Å². The smallest absolute Gasteiger partial charge is 0.341 e. The van der Waals surface area contributed by atoms with Crippen molar-refractivity contribution in [2.75, 3.05) is 14.2 Å². The molecule has 1 N–H and O–H groups in total. The van der Waals surface area contributed by atoms with Crippen LogP contribution in [0.3, 0.4) is 0 Å². The van der Waals surface area contributed by atoms with Gasteiger partial charge < -0.3 is 9.46 Å². The summed E-state index contributed by atoms with van der Waals surface area (Å²) < 4.78 is 19.9. The Hall–Kier alpha value is -0.680. The summed E-state index contributed by atoms with van der Waals surface area (Å²) in [5, 5.41) is 0. The van der Waals surface area contributed by atoms with Crippen molar-refractivity contribution in [3.63, 3.8) is 0 Å². The van der Waals surface area contributed by atoms with Gasteiger partial charge in [-0.2, -0.15) is 0 Å². The maximum absolute atomic E-state index is 10.1. The molecule has 1 rings (SSSR count). The first-order valence-electron chi connectivity index (χ1n) is 3.38. The molecule has 1 aromatic rings. The van der Waals surface area contributed by atoms with Gasteiger partial charge in [-0.3, -0.25) is 9.05 Å². The van der Waals surface area contributed by atoms with E-state index in [1.54, 1.807) is 12.5 Å². The van der Waals surface area contributed by atoms with Gasteiger partial charge >= 0.3 is 7.82 Å². The molecular formula is C6H13N2O4P. The fraction of sp³-hybridized carbons (Fsp3) is 0.500. The van der Waals surface area contributed by atoms with Crippen LogP contribution >= 0.6 is 7.82 Å². The van der Waals surface area contributed by atoms with Crippen molar-refractivity contribution in [3.8, 4) is 0 Å². The highest BCUT2D eigenvalue weighted by Crippen LogP contribution is 2.40. The lowest BCUT2D eigenvalue weighted by atomic mass is 10.9. The van der Waals surface area contributed by atoms with Crippen LogP contribution in [0.25, 0.3) is 0 Å². The molecule has 0 aliphatic rings. The molecular weight excluding hydrogens is 195 g/mol. The zero-order valence-electron chi connectivity index (χ0n) is 7.75. The minimum atomic E-state index is -3.65. The Balaban J connectivity index is 0.000000223. The Kier molecular flexibility index (Phi) is 5.57. The lowest BCUT2D eigenvalue weighted by Gasteiger charge is -2.01. The summed E-state index contributed by atoms with van der Waals surface area (Å²) >= 11 is 0. The van der Waals surface area contributed by atoms with Gasteiger partial charge in [0, 0.05) is 33.7 Å². The van der Waals surface area contributed by atoms with Crippen molar-refractivity contribution >= 4 is 7.82 Å². The maximum atomic E-state index is 10.1. The van der Waals surface area contributed by atoms with E-state index in [2.05, 4.69) is 14.0 Å². The van der Waals surface area contributed by atoms with Gasteiger partial charge in [0.25, 0.3) is 0 Å². The molecule has 1 heterocycles. The number of phosphoric ester groups is 1. The summed E-state index contributed by atoms with van der Waals surface area (Å²) in [6, 6.07) is 0. The molecule has 0 unspecified atom stereocenters. The monoisotopic (exact) mass is 208 g/mol. The Morgan fingerprint density at radius 2 is 2.00 bits per heavy atom. The molecule has 1 aromatic heterocycles. The van der Waals surface area contributed by atoms with Gasteiger partial charge in [0.15, 0.2) is 0 Å². The SMILES string of the molecule is COP(=O)(O)OC.Cn1ccnc1. The van der Waals surface area contributed by atoms with Crippen LogP contribution in [-0.4, -0.2) is 28.7 Å². The highest BCUT2D eigenvalue weighted by molar-refractivity contribution is 7.47. The fourth-order valence-electron chi connectivity index (χ4n) is 0.400. The van der Waals surface area contributed by atoms with Crippen LogP contribution < -0.4 is 0 Å². The molecule has 0 radical (unpaired) electrons. The van der Waals surface area contributed by atoms with Crippen molar-refractivity contribution in [2.24, 2.45) is 7.05 Å². The topological polar surface area (TPSA) is 73.6 Å². The first kappa shape index (κ1) is 12.3. The Bertz CT molecular complexity index is 254. The molecule has 0 amide bonds. The minimum Gasteiger partial charge on any atom is -0.341 e. The van der Waals surface area contributed by atoms with Crippen LogP contribution in [0.15, 0.2) is 18.7 Å². The minimum absolute atomic E-state index is 1.10. The maximum Gasteiger partial charge on any atom is 0.471 e. The molecule has 76 valence electrons. The summed E-state index contributed by atoms with van der Waals surface area (Å²) in [4.78, 5) is 12.0. The van der Waals surface area contributed by atoms with Gasteiger partial charge in [0.1, 0.15) is 0 Å². The van der Waals surface area contributed by atoms with Crippen LogP contribution in [-0.2, 0) is 20.7 Å². The number of aryl methyl sites for hydroxylation is 1. The van der Waals surface area contributed by atoms with Crippen LogP contribution in [0.4, 0.5) is 0 Å². The molecule has 0 saturated heterocycles. The lowest BCUT2D eigenvalue weighted by molar-refractivity contribution is 0.204. The van der Waals surface area contributed by atoms with E-state index in [9.17, 15) is 4.57 Å². The Morgan fingerprint density at radius 3 is 2.08 bits per heavy atom. The number of hydrogen-bond acceptors (Lipinski definition) is 4. The number of phosphoric acid groups is 1. The number of aromatic nitrogens is 2. The van der Waals surface area contributed by atoms with E-state index in [0.717, 1.165) is 14.2 Å². The van der Waals surface area contributed by atoms with Crippen LogP contribution in [0.1, 0.15) is 0 Å². The molecule has 0 bridgehead atoms. The molecule has 0 fully saturated rings. The summed E-state index contributed by atoms with van der Waals surface area (Å²) in [7, 11) is 0.486. The first-order chi connectivity index (χ1) is 6.02. The van der Waals surface area contributed by atoms with E-state index < -0.39 is 7.82 Å². The molecule has 0 aromatic carbocycles. The van der Waals surface area contributed by atoms with Crippen LogP contribution in [0, 0.1) is 0 Å². The molecule has 0 aliphatic heterocycles. The highest BCUT2D eigenvalue weighted by atomic mass is 31.2. The second kappa shape index (κ2) is 5.88. The number of imidazole rings is 1. The third-order valence-electron chi connectivity index (χ3n) is 1.10. The molecule has 0 aliphatic carbocycles. The van der Waals surface area contributed by atoms with Crippen LogP contribution in [0.2, 0.25) is 0 Å². The molecule has 0 saturated carbocycles. The van der Waals surface area contributed by atoms with Crippen molar-refractivity contribution in [3.05, 3.63) is 18.7 Å². The predicted molar refractivity (Wildman–Crippen MR) is 47.1 cm³/mol.